The van der Waals surface area contributed by atoms with Gasteiger partial charge in [0.05, 0.1) is 5.25 Å². The molecule has 86 valence electrons. The molecule has 1 atom stereocenters. The van der Waals surface area contributed by atoms with E-state index in [9.17, 15) is 4.79 Å². The molecule has 1 heterocycles. The van der Waals surface area contributed by atoms with Gasteiger partial charge in [-0.05, 0) is 49.3 Å². The Balaban J connectivity index is 2.19. The van der Waals surface area contributed by atoms with Crippen molar-refractivity contribution in [3.63, 3.8) is 0 Å². The summed E-state index contributed by atoms with van der Waals surface area (Å²) in [7, 11) is 0. The zero-order chi connectivity index (χ0) is 11.5. The first-order chi connectivity index (χ1) is 7.68. The molecule has 0 radical (unpaired) electrons. The normalized spacial score (nSPS) is 20.8. The first-order valence-corrected chi connectivity index (χ1v) is 7.03. The average Bonchev–Trinajstić information content (AvgIpc) is 2.29. The van der Waals surface area contributed by atoms with Crippen LogP contribution in [0.2, 0.25) is 5.02 Å². The van der Waals surface area contributed by atoms with Crippen LogP contribution in [0.3, 0.4) is 0 Å². The Bertz CT molecular complexity index is 397. The van der Waals surface area contributed by atoms with E-state index in [0.717, 1.165) is 23.3 Å². The molecule has 0 saturated carbocycles. The van der Waals surface area contributed by atoms with Crippen LogP contribution in [-0.2, 0) is 0 Å². The van der Waals surface area contributed by atoms with E-state index < -0.39 is 0 Å². The summed E-state index contributed by atoms with van der Waals surface area (Å²) < 4.78 is 0. The highest BCUT2D eigenvalue weighted by atomic mass is 35.5. The Morgan fingerprint density at radius 2 is 2.25 bits per heavy atom. The van der Waals surface area contributed by atoms with E-state index in [1.807, 2.05) is 19.1 Å². The first kappa shape index (κ1) is 12.0. The predicted molar refractivity (Wildman–Crippen MR) is 70.6 cm³/mol. The smallest absolute Gasteiger partial charge is 0.176 e. The molecule has 1 aromatic rings. The summed E-state index contributed by atoms with van der Waals surface area (Å²) in [6, 6.07) is 5.52. The van der Waals surface area contributed by atoms with Crippen molar-refractivity contribution in [3.05, 3.63) is 34.3 Å². The molecule has 1 saturated heterocycles. The third kappa shape index (κ3) is 2.61. The van der Waals surface area contributed by atoms with E-state index in [0.29, 0.717) is 5.02 Å². The monoisotopic (exact) mass is 254 g/mol. The van der Waals surface area contributed by atoms with E-state index >= 15 is 0 Å². The number of aryl methyl sites for hydroxylation is 1. The molecule has 0 aromatic heterocycles. The zero-order valence-corrected chi connectivity index (χ0v) is 10.9. The molecule has 1 aromatic carbocycles. The SMILES string of the molecule is Cc1cc(Cl)ccc1C(=O)C1CCCCS1. The Morgan fingerprint density at radius 1 is 1.44 bits per heavy atom. The average molecular weight is 255 g/mol. The lowest BCUT2D eigenvalue weighted by Crippen LogP contribution is -2.21. The number of carbonyl (C=O) groups is 1. The van der Waals surface area contributed by atoms with E-state index in [1.54, 1.807) is 17.8 Å². The topological polar surface area (TPSA) is 17.1 Å². The number of rotatable bonds is 2. The van der Waals surface area contributed by atoms with E-state index in [-0.39, 0.29) is 11.0 Å². The Kier molecular flexibility index (Phi) is 3.93. The number of carbonyl (C=O) groups excluding carboxylic acids is 1. The molecule has 0 amide bonds. The third-order valence-electron chi connectivity index (χ3n) is 2.93. The van der Waals surface area contributed by atoms with Crippen LogP contribution in [0.25, 0.3) is 0 Å². The van der Waals surface area contributed by atoms with Crippen molar-refractivity contribution in [1.29, 1.82) is 0 Å². The predicted octanol–water partition coefficient (Wildman–Crippen LogP) is 4.12. The van der Waals surface area contributed by atoms with Crippen LogP contribution in [0.15, 0.2) is 18.2 Å². The molecule has 0 bridgehead atoms. The first-order valence-electron chi connectivity index (χ1n) is 5.60. The van der Waals surface area contributed by atoms with Gasteiger partial charge in [-0.25, -0.2) is 0 Å². The fourth-order valence-electron chi connectivity index (χ4n) is 2.02. The standard InChI is InChI=1S/C13H15ClOS/c1-9-8-10(14)5-6-11(9)13(15)12-4-2-3-7-16-12/h5-6,8,12H,2-4,7H2,1H3. The Hall–Kier alpha value is -0.470. The second-order valence-electron chi connectivity index (χ2n) is 4.18. The van der Waals surface area contributed by atoms with Gasteiger partial charge in [0.2, 0.25) is 0 Å². The molecule has 0 N–H and O–H groups in total. The van der Waals surface area contributed by atoms with Gasteiger partial charge < -0.3 is 0 Å². The molecule has 2 rings (SSSR count). The van der Waals surface area contributed by atoms with Crippen LogP contribution in [0, 0.1) is 6.92 Å². The van der Waals surface area contributed by atoms with Crippen LogP contribution in [-0.4, -0.2) is 16.8 Å². The summed E-state index contributed by atoms with van der Waals surface area (Å²) in [4.78, 5) is 12.3. The Morgan fingerprint density at radius 3 is 2.88 bits per heavy atom. The van der Waals surface area contributed by atoms with Crippen molar-refractivity contribution in [3.8, 4) is 0 Å². The number of halogens is 1. The summed E-state index contributed by atoms with van der Waals surface area (Å²) in [5.74, 6) is 1.39. The fourth-order valence-corrected chi connectivity index (χ4v) is 3.52. The quantitative estimate of drug-likeness (QED) is 0.739. The van der Waals surface area contributed by atoms with Crippen LogP contribution >= 0.6 is 23.4 Å². The molecule has 0 spiro atoms. The van der Waals surface area contributed by atoms with Gasteiger partial charge in [0.25, 0.3) is 0 Å². The number of hydrogen-bond acceptors (Lipinski definition) is 2. The van der Waals surface area contributed by atoms with Gasteiger partial charge in [-0.3, -0.25) is 4.79 Å². The Labute approximate surface area is 106 Å². The van der Waals surface area contributed by atoms with Crippen molar-refractivity contribution in [2.45, 2.75) is 31.4 Å². The van der Waals surface area contributed by atoms with Crippen LogP contribution in [0.1, 0.15) is 35.2 Å². The number of ketones is 1. The van der Waals surface area contributed by atoms with Gasteiger partial charge in [-0.1, -0.05) is 18.0 Å². The minimum atomic E-state index is 0.161. The molecule has 16 heavy (non-hydrogen) atoms. The van der Waals surface area contributed by atoms with Gasteiger partial charge in [0.15, 0.2) is 5.78 Å². The van der Waals surface area contributed by atoms with Crippen molar-refractivity contribution < 1.29 is 4.79 Å². The van der Waals surface area contributed by atoms with Crippen LogP contribution < -0.4 is 0 Å². The summed E-state index contributed by atoms with van der Waals surface area (Å²) >= 11 is 7.69. The molecule has 0 aliphatic carbocycles. The lowest BCUT2D eigenvalue weighted by Gasteiger charge is -2.20. The molecule has 3 heteroatoms. The maximum atomic E-state index is 12.3. The van der Waals surface area contributed by atoms with Gasteiger partial charge in [-0.15, -0.1) is 0 Å². The van der Waals surface area contributed by atoms with Crippen molar-refractivity contribution in [1.82, 2.24) is 0 Å². The lowest BCUT2D eigenvalue weighted by atomic mass is 10.00. The van der Waals surface area contributed by atoms with Crippen molar-refractivity contribution in [2.24, 2.45) is 0 Å². The fraction of sp³-hybridized carbons (Fsp3) is 0.462. The van der Waals surface area contributed by atoms with Crippen molar-refractivity contribution in [2.75, 3.05) is 5.75 Å². The molecule has 1 aliphatic heterocycles. The third-order valence-corrected chi connectivity index (χ3v) is 4.54. The van der Waals surface area contributed by atoms with Gasteiger partial charge in [0.1, 0.15) is 0 Å². The lowest BCUT2D eigenvalue weighted by molar-refractivity contribution is 0.0984. The number of benzene rings is 1. The minimum Gasteiger partial charge on any atom is -0.293 e. The second kappa shape index (κ2) is 5.24. The highest BCUT2D eigenvalue weighted by molar-refractivity contribution is 8.00. The highest BCUT2D eigenvalue weighted by Crippen LogP contribution is 2.29. The molecule has 1 aliphatic rings. The molecule has 1 fully saturated rings. The largest absolute Gasteiger partial charge is 0.293 e. The van der Waals surface area contributed by atoms with Crippen molar-refractivity contribution >= 4 is 29.1 Å². The van der Waals surface area contributed by atoms with Crippen LogP contribution in [0.5, 0.6) is 0 Å². The van der Waals surface area contributed by atoms with E-state index in [1.165, 1.54) is 12.8 Å². The van der Waals surface area contributed by atoms with E-state index in [4.69, 9.17) is 11.6 Å². The maximum absolute atomic E-state index is 12.3. The molecule has 1 unspecified atom stereocenters. The maximum Gasteiger partial charge on any atom is 0.176 e. The van der Waals surface area contributed by atoms with Gasteiger partial charge in [-0.2, -0.15) is 11.8 Å². The summed E-state index contributed by atoms with van der Waals surface area (Å²) in [5.41, 5.74) is 1.83. The molecular formula is C13H15ClOS. The molecule has 1 nitrogen and oxygen atoms in total. The number of Topliss-reactive ketones (excluding diaryl/α,β-unsaturated/α-hetero) is 1. The summed E-state index contributed by atoms with van der Waals surface area (Å²) in [6.07, 6.45) is 3.44. The summed E-state index contributed by atoms with van der Waals surface area (Å²) in [6.45, 7) is 1.95. The number of hydrogen-bond donors (Lipinski definition) is 0. The number of thioether (sulfide) groups is 1. The summed E-state index contributed by atoms with van der Waals surface area (Å²) in [5, 5.41) is 0.860. The zero-order valence-electron chi connectivity index (χ0n) is 9.33. The molecular weight excluding hydrogens is 240 g/mol. The van der Waals surface area contributed by atoms with E-state index in [2.05, 4.69) is 0 Å². The van der Waals surface area contributed by atoms with Gasteiger partial charge >= 0.3 is 0 Å². The van der Waals surface area contributed by atoms with Crippen LogP contribution in [0.4, 0.5) is 0 Å². The van der Waals surface area contributed by atoms with Gasteiger partial charge in [0, 0.05) is 10.6 Å². The highest BCUT2D eigenvalue weighted by Gasteiger charge is 2.23. The second-order valence-corrected chi connectivity index (χ2v) is 5.93. The minimum absolute atomic E-state index is 0.161.